The minimum atomic E-state index is -0.0157. The van der Waals surface area contributed by atoms with E-state index in [1.165, 1.54) is 25.7 Å². The highest BCUT2D eigenvalue weighted by Gasteiger charge is 2.36. The molecule has 2 atom stereocenters. The van der Waals surface area contributed by atoms with Crippen LogP contribution >= 0.6 is 0 Å². The van der Waals surface area contributed by atoms with E-state index >= 15 is 0 Å². The van der Waals surface area contributed by atoms with Gasteiger partial charge in [0.25, 0.3) is 0 Å². The van der Waals surface area contributed by atoms with Crippen molar-refractivity contribution < 1.29 is 4.74 Å². The molecule has 0 amide bonds. The standard InChI is InChI=1S/C16H34N2O/c1-14-8-7-9-16(12-14,18(4)5)13-17-11-10-15(2,3)19-6/h14,17H,7-13H2,1-6H3. The van der Waals surface area contributed by atoms with Gasteiger partial charge in [-0.1, -0.05) is 19.8 Å². The molecule has 0 aromatic heterocycles. The molecule has 0 spiro atoms. The number of likely N-dealkylation sites (N-methyl/N-ethyl adjacent to an activating group) is 1. The van der Waals surface area contributed by atoms with Gasteiger partial charge in [0.2, 0.25) is 0 Å². The lowest BCUT2D eigenvalue weighted by Gasteiger charge is -2.45. The van der Waals surface area contributed by atoms with Crippen LogP contribution in [0.1, 0.15) is 52.9 Å². The van der Waals surface area contributed by atoms with Crippen LogP contribution in [0.25, 0.3) is 0 Å². The first-order valence-electron chi connectivity index (χ1n) is 7.75. The number of hydrogen-bond acceptors (Lipinski definition) is 3. The molecule has 3 nitrogen and oxygen atoms in total. The second-order valence-corrected chi connectivity index (χ2v) is 7.21. The van der Waals surface area contributed by atoms with Crippen LogP contribution in [0.2, 0.25) is 0 Å². The van der Waals surface area contributed by atoms with E-state index < -0.39 is 0 Å². The van der Waals surface area contributed by atoms with Crippen LogP contribution in [0, 0.1) is 5.92 Å². The summed E-state index contributed by atoms with van der Waals surface area (Å²) in [6.45, 7) is 8.83. The summed E-state index contributed by atoms with van der Waals surface area (Å²) in [5, 5.41) is 3.67. The minimum absolute atomic E-state index is 0.0157. The summed E-state index contributed by atoms with van der Waals surface area (Å²) in [4.78, 5) is 2.44. The molecule has 0 aromatic carbocycles. The Balaban J connectivity index is 2.43. The molecule has 114 valence electrons. The second-order valence-electron chi connectivity index (χ2n) is 7.21. The third kappa shape index (κ3) is 5.05. The van der Waals surface area contributed by atoms with Crippen LogP contribution in [0.15, 0.2) is 0 Å². The molecular formula is C16H34N2O. The van der Waals surface area contributed by atoms with Crippen LogP contribution in [0.4, 0.5) is 0 Å². The molecule has 19 heavy (non-hydrogen) atoms. The van der Waals surface area contributed by atoms with Gasteiger partial charge in [-0.15, -0.1) is 0 Å². The van der Waals surface area contributed by atoms with Crippen molar-refractivity contribution in [3.05, 3.63) is 0 Å². The van der Waals surface area contributed by atoms with Gasteiger partial charge in [-0.2, -0.15) is 0 Å². The highest BCUT2D eigenvalue weighted by molar-refractivity contribution is 4.94. The van der Waals surface area contributed by atoms with Crippen LogP contribution in [0.3, 0.4) is 0 Å². The van der Waals surface area contributed by atoms with E-state index in [1.54, 1.807) is 7.11 Å². The topological polar surface area (TPSA) is 24.5 Å². The zero-order valence-corrected chi connectivity index (χ0v) is 13.9. The molecule has 0 saturated heterocycles. The number of methoxy groups -OCH3 is 1. The van der Waals surface area contributed by atoms with Gasteiger partial charge < -0.3 is 15.0 Å². The average molecular weight is 270 g/mol. The lowest BCUT2D eigenvalue weighted by atomic mass is 9.75. The first-order valence-corrected chi connectivity index (χ1v) is 7.75. The van der Waals surface area contributed by atoms with Crippen molar-refractivity contribution in [3.63, 3.8) is 0 Å². The van der Waals surface area contributed by atoms with E-state index in [1.807, 2.05) is 0 Å². The quantitative estimate of drug-likeness (QED) is 0.720. The Labute approximate surface area is 120 Å². The smallest absolute Gasteiger partial charge is 0.0634 e. The van der Waals surface area contributed by atoms with E-state index in [0.29, 0.717) is 5.54 Å². The third-order valence-electron chi connectivity index (χ3n) is 4.93. The fraction of sp³-hybridized carbons (Fsp3) is 1.00. The van der Waals surface area contributed by atoms with Crippen LogP contribution in [-0.2, 0) is 4.74 Å². The summed E-state index contributed by atoms with van der Waals surface area (Å²) >= 11 is 0. The molecule has 0 bridgehead atoms. The maximum atomic E-state index is 5.47. The molecular weight excluding hydrogens is 236 g/mol. The predicted octanol–water partition coefficient (Wildman–Crippen LogP) is 2.90. The van der Waals surface area contributed by atoms with E-state index in [9.17, 15) is 0 Å². The first-order chi connectivity index (χ1) is 8.81. The average Bonchev–Trinajstić information content (AvgIpc) is 2.35. The van der Waals surface area contributed by atoms with E-state index in [-0.39, 0.29) is 5.60 Å². The zero-order chi connectivity index (χ0) is 14.5. The SMILES string of the molecule is COC(C)(C)CCNCC1(N(C)C)CCCC(C)C1. The van der Waals surface area contributed by atoms with Crippen molar-refractivity contribution >= 4 is 0 Å². The molecule has 0 heterocycles. The molecule has 1 aliphatic carbocycles. The van der Waals surface area contributed by atoms with Crippen molar-refractivity contribution in [2.45, 2.75) is 64.0 Å². The number of rotatable bonds is 7. The zero-order valence-electron chi connectivity index (χ0n) is 13.9. The monoisotopic (exact) mass is 270 g/mol. The summed E-state index contributed by atoms with van der Waals surface area (Å²) in [7, 11) is 6.27. The molecule has 1 saturated carbocycles. The predicted molar refractivity (Wildman–Crippen MR) is 82.6 cm³/mol. The fourth-order valence-corrected chi connectivity index (χ4v) is 3.17. The van der Waals surface area contributed by atoms with E-state index in [0.717, 1.165) is 25.4 Å². The van der Waals surface area contributed by atoms with Gasteiger partial charge in [-0.25, -0.2) is 0 Å². The third-order valence-corrected chi connectivity index (χ3v) is 4.93. The van der Waals surface area contributed by atoms with Crippen molar-refractivity contribution in [1.82, 2.24) is 10.2 Å². The van der Waals surface area contributed by atoms with Crippen LogP contribution in [-0.4, -0.2) is 50.3 Å². The summed E-state index contributed by atoms with van der Waals surface area (Å²) in [6, 6.07) is 0. The van der Waals surface area contributed by atoms with Crippen molar-refractivity contribution in [2.75, 3.05) is 34.3 Å². The first kappa shape index (κ1) is 16.9. The maximum absolute atomic E-state index is 5.47. The van der Waals surface area contributed by atoms with Gasteiger partial charge in [0.05, 0.1) is 5.60 Å². The summed E-state index contributed by atoms with van der Waals surface area (Å²) in [5.41, 5.74) is 0.340. The van der Waals surface area contributed by atoms with Crippen molar-refractivity contribution in [2.24, 2.45) is 5.92 Å². The van der Waals surface area contributed by atoms with Crippen molar-refractivity contribution in [1.29, 1.82) is 0 Å². The summed E-state index contributed by atoms with van der Waals surface area (Å²) in [6.07, 6.45) is 6.46. The molecule has 0 aromatic rings. The molecule has 3 heteroatoms. The van der Waals surface area contributed by atoms with Gasteiger partial charge in [0.15, 0.2) is 0 Å². The summed E-state index contributed by atoms with van der Waals surface area (Å²) in [5.74, 6) is 0.855. The minimum Gasteiger partial charge on any atom is -0.379 e. The van der Waals surface area contributed by atoms with E-state index in [4.69, 9.17) is 4.74 Å². The maximum Gasteiger partial charge on any atom is 0.0634 e. The van der Waals surface area contributed by atoms with Gasteiger partial charge in [0, 0.05) is 19.2 Å². The Morgan fingerprint density at radius 1 is 1.37 bits per heavy atom. The normalized spacial score (nSPS) is 28.9. The number of ether oxygens (including phenoxy) is 1. The molecule has 1 rings (SSSR count). The largest absolute Gasteiger partial charge is 0.379 e. The Bertz CT molecular complexity index is 265. The number of nitrogens with zero attached hydrogens (tertiary/aromatic N) is 1. The van der Waals surface area contributed by atoms with Gasteiger partial charge >= 0.3 is 0 Å². The lowest BCUT2D eigenvalue weighted by Crippen LogP contribution is -2.54. The number of hydrogen-bond donors (Lipinski definition) is 1. The Morgan fingerprint density at radius 2 is 2.05 bits per heavy atom. The molecule has 1 aliphatic rings. The summed E-state index contributed by atoms with van der Waals surface area (Å²) < 4.78 is 5.47. The Hall–Kier alpha value is -0.120. The van der Waals surface area contributed by atoms with Gasteiger partial charge in [-0.3, -0.25) is 0 Å². The van der Waals surface area contributed by atoms with Gasteiger partial charge in [0.1, 0.15) is 0 Å². The fourth-order valence-electron chi connectivity index (χ4n) is 3.17. The van der Waals surface area contributed by atoms with E-state index in [2.05, 4.69) is 45.1 Å². The Morgan fingerprint density at radius 3 is 2.58 bits per heavy atom. The molecule has 1 fully saturated rings. The number of nitrogens with one attached hydrogen (secondary N) is 1. The molecule has 0 aliphatic heterocycles. The molecule has 2 unspecified atom stereocenters. The highest BCUT2D eigenvalue weighted by atomic mass is 16.5. The van der Waals surface area contributed by atoms with Crippen LogP contribution in [0.5, 0.6) is 0 Å². The molecule has 0 radical (unpaired) electrons. The Kier molecular flexibility index (Phi) is 6.28. The highest BCUT2D eigenvalue weighted by Crippen LogP contribution is 2.35. The lowest BCUT2D eigenvalue weighted by molar-refractivity contribution is 0.0138. The molecule has 1 N–H and O–H groups in total. The van der Waals surface area contributed by atoms with Gasteiger partial charge in [-0.05, 0) is 59.7 Å². The second kappa shape index (κ2) is 7.05. The van der Waals surface area contributed by atoms with Crippen molar-refractivity contribution in [3.8, 4) is 0 Å². The van der Waals surface area contributed by atoms with Crippen LogP contribution < -0.4 is 5.32 Å².